The van der Waals surface area contributed by atoms with Crippen LogP contribution in [0.1, 0.15) is 12.5 Å². The molecule has 4 N–H and O–H groups in total. The van der Waals surface area contributed by atoms with Crippen molar-refractivity contribution >= 4 is 64.1 Å². The minimum atomic E-state index is -0.829. The molecule has 0 aromatic heterocycles. The Kier molecular flexibility index (Phi) is 7.11. The standard InChI is InChI=1S/C16H16Cl2N4O4S/c1-8(21-15(19)25)13(23)20-4-5-22-14(24)12(27-16(22)26)6-9-2-3-10(17)7-11(9)18/h2-3,6-8H,4-5H2,1H3,(H,20,23)(H3,19,21,25)/b12-6-. The summed E-state index contributed by atoms with van der Waals surface area (Å²) in [4.78, 5) is 48.2. The molecule has 0 aliphatic carbocycles. The predicted molar refractivity (Wildman–Crippen MR) is 104 cm³/mol. The van der Waals surface area contributed by atoms with Crippen LogP contribution in [0.4, 0.5) is 9.59 Å². The third-order valence-corrected chi connectivity index (χ3v) is 4.98. The first-order valence-electron chi connectivity index (χ1n) is 7.73. The molecule has 8 nitrogen and oxygen atoms in total. The monoisotopic (exact) mass is 430 g/mol. The van der Waals surface area contributed by atoms with E-state index in [-0.39, 0.29) is 18.0 Å². The van der Waals surface area contributed by atoms with Crippen LogP contribution in [0.5, 0.6) is 0 Å². The quantitative estimate of drug-likeness (QED) is 0.597. The highest BCUT2D eigenvalue weighted by atomic mass is 35.5. The van der Waals surface area contributed by atoms with Gasteiger partial charge in [0, 0.05) is 23.1 Å². The average molecular weight is 431 g/mol. The molecular formula is C16H16Cl2N4O4S. The summed E-state index contributed by atoms with van der Waals surface area (Å²) in [6.45, 7) is 1.49. The molecule has 0 bridgehead atoms. The normalized spacial score (nSPS) is 16.6. The molecule has 1 saturated heterocycles. The second-order valence-electron chi connectivity index (χ2n) is 5.52. The molecule has 1 fully saturated rings. The van der Waals surface area contributed by atoms with Crippen molar-refractivity contribution < 1.29 is 19.2 Å². The Balaban J connectivity index is 1.97. The molecule has 1 aliphatic heterocycles. The highest BCUT2D eigenvalue weighted by Crippen LogP contribution is 2.33. The van der Waals surface area contributed by atoms with E-state index in [2.05, 4.69) is 10.6 Å². The van der Waals surface area contributed by atoms with Gasteiger partial charge in [0.15, 0.2) is 0 Å². The number of imide groups is 1. The van der Waals surface area contributed by atoms with Gasteiger partial charge in [0.1, 0.15) is 6.04 Å². The fraction of sp³-hybridized carbons (Fsp3) is 0.250. The molecule has 27 heavy (non-hydrogen) atoms. The van der Waals surface area contributed by atoms with Crippen LogP contribution >= 0.6 is 35.0 Å². The zero-order valence-electron chi connectivity index (χ0n) is 14.1. The summed E-state index contributed by atoms with van der Waals surface area (Å²) in [5, 5.41) is 5.11. The average Bonchev–Trinajstić information content (AvgIpc) is 2.84. The predicted octanol–water partition coefficient (Wildman–Crippen LogP) is 2.20. The Bertz CT molecular complexity index is 831. The van der Waals surface area contributed by atoms with Gasteiger partial charge in [0.2, 0.25) is 5.91 Å². The largest absolute Gasteiger partial charge is 0.353 e. The zero-order valence-corrected chi connectivity index (χ0v) is 16.5. The molecule has 2 rings (SSSR count). The molecule has 1 heterocycles. The van der Waals surface area contributed by atoms with Crippen molar-refractivity contribution in [1.82, 2.24) is 15.5 Å². The molecule has 1 atom stereocenters. The Morgan fingerprint density at radius 1 is 1.33 bits per heavy atom. The summed E-state index contributed by atoms with van der Waals surface area (Å²) in [6.07, 6.45) is 1.51. The summed E-state index contributed by atoms with van der Waals surface area (Å²) in [7, 11) is 0. The van der Waals surface area contributed by atoms with Crippen LogP contribution in [0.15, 0.2) is 23.1 Å². The van der Waals surface area contributed by atoms with E-state index in [1.807, 2.05) is 0 Å². The van der Waals surface area contributed by atoms with Crippen molar-refractivity contribution in [3.63, 3.8) is 0 Å². The Morgan fingerprint density at radius 2 is 2.04 bits per heavy atom. The number of rotatable bonds is 6. The van der Waals surface area contributed by atoms with Gasteiger partial charge in [-0.3, -0.25) is 19.3 Å². The van der Waals surface area contributed by atoms with Crippen LogP contribution in [-0.4, -0.2) is 47.1 Å². The van der Waals surface area contributed by atoms with Gasteiger partial charge >= 0.3 is 6.03 Å². The zero-order chi connectivity index (χ0) is 20.1. The lowest BCUT2D eigenvalue weighted by atomic mass is 10.2. The van der Waals surface area contributed by atoms with Crippen LogP contribution < -0.4 is 16.4 Å². The summed E-state index contributed by atoms with van der Waals surface area (Å²) in [6, 6.07) is 3.15. The number of amides is 5. The second-order valence-corrected chi connectivity index (χ2v) is 7.36. The number of benzene rings is 1. The molecule has 144 valence electrons. The van der Waals surface area contributed by atoms with Gasteiger partial charge in [-0.25, -0.2) is 4.79 Å². The van der Waals surface area contributed by atoms with Gasteiger partial charge in [-0.1, -0.05) is 29.3 Å². The molecular weight excluding hydrogens is 415 g/mol. The maximum Gasteiger partial charge on any atom is 0.312 e. The Labute approximate surface area is 169 Å². The maximum absolute atomic E-state index is 12.4. The van der Waals surface area contributed by atoms with Gasteiger partial charge in [0.05, 0.1) is 4.91 Å². The summed E-state index contributed by atoms with van der Waals surface area (Å²) in [5.41, 5.74) is 5.50. The van der Waals surface area contributed by atoms with Crippen molar-refractivity contribution in [2.75, 3.05) is 13.1 Å². The van der Waals surface area contributed by atoms with E-state index >= 15 is 0 Å². The van der Waals surface area contributed by atoms with Crippen LogP contribution in [0.25, 0.3) is 6.08 Å². The Hall–Kier alpha value is -2.23. The molecule has 1 aromatic rings. The van der Waals surface area contributed by atoms with Gasteiger partial charge in [-0.2, -0.15) is 0 Å². The molecule has 1 unspecified atom stereocenters. The third-order valence-electron chi connectivity index (χ3n) is 3.51. The minimum absolute atomic E-state index is 0.00854. The van der Waals surface area contributed by atoms with E-state index in [1.54, 1.807) is 12.1 Å². The summed E-state index contributed by atoms with van der Waals surface area (Å²) < 4.78 is 0. The number of halogens is 2. The number of carbonyl (C=O) groups excluding carboxylic acids is 4. The van der Waals surface area contributed by atoms with Crippen LogP contribution in [0, 0.1) is 0 Å². The van der Waals surface area contributed by atoms with E-state index < -0.39 is 29.1 Å². The van der Waals surface area contributed by atoms with E-state index in [9.17, 15) is 19.2 Å². The summed E-state index contributed by atoms with van der Waals surface area (Å²) in [5.74, 6) is -0.960. The Morgan fingerprint density at radius 3 is 2.67 bits per heavy atom. The number of thioether (sulfide) groups is 1. The fourth-order valence-corrected chi connectivity index (χ4v) is 3.49. The number of hydrogen-bond donors (Lipinski definition) is 3. The fourth-order valence-electron chi connectivity index (χ4n) is 2.18. The minimum Gasteiger partial charge on any atom is -0.353 e. The van der Waals surface area contributed by atoms with Gasteiger partial charge in [0.25, 0.3) is 11.1 Å². The lowest BCUT2D eigenvalue weighted by molar-refractivity contribution is -0.124. The molecule has 11 heteroatoms. The van der Waals surface area contributed by atoms with Crippen molar-refractivity contribution in [3.05, 3.63) is 38.7 Å². The lowest BCUT2D eigenvalue weighted by Gasteiger charge is -2.15. The second kappa shape index (κ2) is 9.12. The molecule has 1 aromatic carbocycles. The highest BCUT2D eigenvalue weighted by molar-refractivity contribution is 8.18. The number of nitrogens with two attached hydrogens (primary N) is 1. The molecule has 0 spiro atoms. The lowest BCUT2D eigenvalue weighted by Crippen LogP contribution is -2.48. The SMILES string of the molecule is CC(NC(N)=O)C(=O)NCCN1C(=O)S/C(=C\c2ccc(Cl)cc2Cl)C1=O. The van der Waals surface area contributed by atoms with E-state index in [1.165, 1.54) is 19.1 Å². The van der Waals surface area contributed by atoms with Crippen molar-refractivity contribution in [2.45, 2.75) is 13.0 Å². The highest BCUT2D eigenvalue weighted by Gasteiger charge is 2.34. The molecule has 0 radical (unpaired) electrons. The molecule has 5 amide bonds. The topological polar surface area (TPSA) is 122 Å². The van der Waals surface area contributed by atoms with Gasteiger partial charge < -0.3 is 16.4 Å². The first kappa shape index (κ1) is 21.1. The van der Waals surface area contributed by atoms with E-state index in [0.717, 1.165) is 16.7 Å². The third kappa shape index (κ3) is 5.62. The van der Waals surface area contributed by atoms with Gasteiger partial charge in [-0.05, 0) is 42.5 Å². The first-order chi connectivity index (χ1) is 12.7. The van der Waals surface area contributed by atoms with Crippen LogP contribution in [0.3, 0.4) is 0 Å². The van der Waals surface area contributed by atoms with Crippen molar-refractivity contribution in [3.8, 4) is 0 Å². The van der Waals surface area contributed by atoms with E-state index in [0.29, 0.717) is 15.6 Å². The number of nitrogens with zero attached hydrogens (tertiary/aromatic N) is 1. The number of nitrogens with one attached hydrogen (secondary N) is 2. The van der Waals surface area contributed by atoms with Crippen molar-refractivity contribution in [1.29, 1.82) is 0 Å². The van der Waals surface area contributed by atoms with Crippen LogP contribution in [0.2, 0.25) is 10.0 Å². The van der Waals surface area contributed by atoms with Gasteiger partial charge in [-0.15, -0.1) is 0 Å². The first-order valence-corrected chi connectivity index (χ1v) is 9.30. The summed E-state index contributed by atoms with van der Waals surface area (Å²) >= 11 is 12.7. The maximum atomic E-state index is 12.4. The number of carbonyl (C=O) groups is 4. The van der Waals surface area contributed by atoms with E-state index in [4.69, 9.17) is 28.9 Å². The molecule has 0 saturated carbocycles. The molecule has 1 aliphatic rings. The number of urea groups is 1. The van der Waals surface area contributed by atoms with Crippen LogP contribution in [-0.2, 0) is 9.59 Å². The smallest absolute Gasteiger partial charge is 0.312 e. The van der Waals surface area contributed by atoms with Crippen molar-refractivity contribution in [2.24, 2.45) is 5.73 Å². The number of primary amides is 1. The number of hydrogen-bond acceptors (Lipinski definition) is 5.